The molecule has 0 unspecified atom stereocenters. The van der Waals surface area contributed by atoms with E-state index in [0.717, 1.165) is 34.5 Å². The molecule has 1 amide bonds. The van der Waals surface area contributed by atoms with Gasteiger partial charge >= 0.3 is 0 Å². The van der Waals surface area contributed by atoms with Gasteiger partial charge in [-0.2, -0.15) is 5.10 Å². The van der Waals surface area contributed by atoms with E-state index >= 15 is 0 Å². The van der Waals surface area contributed by atoms with E-state index < -0.39 is 0 Å². The Labute approximate surface area is 182 Å². The van der Waals surface area contributed by atoms with Crippen molar-refractivity contribution in [3.05, 3.63) is 101 Å². The van der Waals surface area contributed by atoms with E-state index in [1.54, 1.807) is 30.5 Å². The minimum absolute atomic E-state index is 0.259. The molecule has 1 N–H and O–H groups in total. The third-order valence-corrected chi connectivity index (χ3v) is 5.25. The second-order valence-electron chi connectivity index (χ2n) is 7.24. The number of aromatic nitrogens is 1. The molecular formula is C26H25N3O2. The second-order valence-corrected chi connectivity index (χ2v) is 7.24. The second kappa shape index (κ2) is 9.30. The maximum absolute atomic E-state index is 12.4. The lowest BCUT2D eigenvalue weighted by Crippen LogP contribution is -2.17. The summed E-state index contributed by atoms with van der Waals surface area (Å²) in [5.74, 6) is 0.481. The Morgan fingerprint density at radius 1 is 1.00 bits per heavy atom. The molecule has 31 heavy (non-hydrogen) atoms. The highest BCUT2D eigenvalue weighted by molar-refractivity contribution is 6.02. The zero-order valence-electron chi connectivity index (χ0n) is 17.7. The Hall–Kier alpha value is -3.86. The number of hydrogen-bond donors (Lipinski definition) is 1. The summed E-state index contributed by atoms with van der Waals surface area (Å²) < 4.78 is 7.69. The average molecular weight is 412 g/mol. The molecular weight excluding hydrogens is 386 g/mol. The predicted octanol–water partition coefficient (Wildman–Crippen LogP) is 5.16. The molecule has 0 bridgehead atoms. The van der Waals surface area contributed by atoms with Crippen LogP contribution in [-0.4, -0.2) is 23.3 Å². The van der Waals surface area contributed by atoms with Gasteiger partial charge in [0, 0.05) is 34.3 Å². The summed E-state index contributed by atoms with van der Waals surface area (Å²) in [4.78, 5) is 12.4. The summed E-state index contributed by atoms with van der Waals surface area (Å²) in [6.07, 6.45) is 1.73. The normalized spacial score (nSPS) is 11.2. The number of para-hydroxylation sites is 1. The molecule has 0 radical (unpaired) electrons. The molecule has 0 saturated carbocycles. The zero-order valence-corrected chi connectivity index (χ0v) is 17.7. The van der Waals surface area contributed by atoms with Crippen LogP contribution in [0.2, 0.25) is 0 Å². The van der Waals surface area contributed by atoms with Crippen molar-refractivity contribution in [1.82, 2.24) is 9.99 Å². The fraction of sp³-hybridized carbons (Fsp3) is 0.154. The lowest BCUT2D eigenvalue weighted by molar-refractivity contribution is 0.0955. The van der Waals surface area contributed by atoms with Crippen molar-refractivity contribution in [3.63, 3.8) is 0 Å². The van der Waals surface area contributed by atoms with Gasteiger partial charge in [-0.15, -0.1) is 0 Å². The van der Waals surface area contributed by atoms with Crippen molar-refractivity contribution < 1.29 is 9.53 Å². The molecule has 3 aromatic carbocycles. The van der Waals surface area contributed by atoms with Gasteiger partial charge in [0.05, 0.1) is 12.8 Å². The van der Waals surface area contributed by atoms with Crippen molar-refractivity contribution in [2.75, 3.05) is 6.61 Å². The van der Waals surface area contributed by atoms with Crippen LogP contribution in [0.1, 0.15) is 34.1 Å². The lowest BCUT2D eigenvalue weighted by Gasteiger charge is -2.08. The SMILES string of the molecule is CCOc1ccc(C(=O)N/N=C\c2c(C)n(Cc3ccccc3)c3ccccc23)cc1. The van der Waals surface area contributed by atoms with Crippen LogP contribution in [0.5, 0.6) is 5.75 Å². The highest BCUT2D eigenvalue weighted by Crippen LogP contribution is 2.25. The fourth-order valence-electron chi connectivity index (χ4n) is 3.68. The molecule has 1 aromatic heterocycles. The number of hydrazone groups is 1. The number of carbonyl (C=O) groups is 1. The van der Waals surface area contributed by atoms with Gasteiger partial charge < -0.3 is 9.30 Å². The van der Waals surface area contributed by atoms with E-state index in [2.05, 4.69) is 58.4 Å². The van der Waals surface area contributed by atoms with Crippen LogP contribution >= 0.6 is 0 Å². The van der Waals surface area contributed by atoms with E-state index in [1.807, 2.05) is 25.1 Å². The van der Waals surface area contributed by atoms with E-state index in [9.17, 15) is 4.79 Å². The standard InChI is InChI=1S/C26H25N3O2/c1-3-31-22-15-13-21(14-16-22)26(30)28-27-17-24-19(2)29(18-20-9-5-4-6-10-20)25-12-8-7-11-23(24)25/h4-17H,3,18H2,1-2H3,(H,28,30)/b27-17-. The summed E-state index contributed by atoms with van der Waals surface area (Å²) >= 11 is 0. The van der Waals surface area contributed by atoms with Crippen LogP contribution in [0.15, 0.2) is 84.0 Å². The topological polar surface area (TPSA) is 55.6 Å². The lowest BCUT2D eigenvalue weighted by atomic mass is 10.1. The van der Waals surface area contributed by atoms with Crippen molar-refractivity contribution in [2.45, 2.75) is 20.4 Å². The maximum atomic E-state index is 12.4. The number of ether oxygens (including phenoxy) is 1. The molecule has 1 heterocycles. The zero-order chi connectivity index (χ0) is 21.6. The number of nitrogens with one attached hydrogen (secondary N) is 1. The van der Waals surface area contributed by atoms with Gasteiger partial charge in [0.2, 0.25) is 0 Å². The molecule has 0 aliphatic rings. The van der Waals surface area contributed by atoms with Crippen molar-refractivity contribution >= 4 is 23.0 Å². The summed E-state index contributed by atoms with van der Waals surface area (Å²) in [6, 6.07) is 25.6. The Bertz CT molecular complexity index is 1210. The molecule has 0 saturated heterocycles. The number of benzene rings is 3. The third-order valence-electron chi connectivity index (χ3n) is 5.25. The molecule has 0 aliphatic heterocycles. The molecule has 0 spiro atoms. The van der Waals surface area contributed by atoms with Crippen molar-refractivity contribution in [1.29, 1.82) is 0 Å². The van der Waals surface area contributed by atoms with Gasteiger partial charge in [0.1, 0.15) is 5.75 Å². The number of carbonyl (C=O) groups excluding carboxylic acids is 1. The van der Waals surface area contributed by atoms with Crippen LogP contribution < -0.4 is 10.2 Å². The van der Waals surface area contributed by atoms with E-state index in [0.29, 0.717) is 12.2 Å². The number of fused-ring (bicyclic) bond motifs is 1. The van der Waals surface area contributed by atoms with Gasteiger partial charge in [-0.05, 0) is 49.7 Å². The molecule has 0 fully saturated rings. The molecule has 5 heteroatoms. The van der Waals surface area contributed by atoms with Crippen LogP contribution in [0.3, 0.4) is 0 Å². The fourth-order valence-corrected chi connectivity index (χ4v) is 3.68. The summed E-state index contributed by atoms with van der Waals surface area (Å²) in [7, 11) is 0. The van der Waals surface area contributed by atoms with Crippen LogP contribution in [-0.2, 0) is 6.54 Å². The first-order valence-electron chi connectivity index (χ1n) is 10.4. The predicted molar refractivity (Wildman–Crippen MR) is 125 cm³/mol. The molecule has 5 nitrogen and oxygen atoms in total. The molecule has 0 atom stereocenters. The van der Waals surface area contributed by atoms with E-state index in [1.165, 1.54) is 5.56 Å². The molecule has 4 rings (SSSR count). The minimum atomic E-state index is -0.259. The highest BCUT2D eigenvalue weighted by atomic mass is 16.5. The Balaban J connectivity index is 1.56. The van der Waals surface area contributed by atoms with Gasteiger partial charge in [-0.1, -0.05) is 48.5 Å². The van der Waals surface area contributed by atoms with E-state index in [4.69, 9.17) is 4.74 Å². The van der Waals surface area contributed by atoms with E-state index in [-0.39, 0.29) is 5.91 Å². The largest absolute Gasteiger partial charge is 0.494 e. The maximum Gasteiger partial charge on any atom is 0.271 e. The van der Waals surface area contributed by atoms with Gasteiger partial charge in [-0.3, -0.25) is 4.79 Å². The van der Waals surface area contributed by atoms with Crippen LogP contribution in [0.25, 0.3) is 10.9 Å². The van der Waals surface area contributed by atoms with Gasteiger partial charge in [-0.25, -0.2) is 5.43 Å². The van der Waals surface area contributed by atoms with Gasteiger partial charge in [0.15, 0.2) is 0 Å². The number of nitrogens with zero attached hydrogens (tertiary/aromatic N) is 2. The Morgan fingerprint density at radius 3 is 2.45 bits per heavy atom. The Morgan fingerprint density at radius 2 is 1.71 bits per heavy atom. The molecule has 4 aromatic rings. The quantitative estimate of drug-likeness (QED) is 0.337. The van der Waals surface area contributed by atoms with Crippen LogP contribution in [0.4, 0.5) is 0 Å². The summed E-state index contributed by atoms with van der Waals surface area (Å²) in [5.41, 5.74) is 7.64. The van der Waals surface area contributed by atoms with Crippen LogP contribution in [0, 0.1) is 6.92 Å². The molecule has 0 aliphatic carbocycles. The summed E-state index contributed by atoms with van der Waals surface area (Å²) in [5, 5.41) is 5.35. The Kier molecular flexibility index (Phi) is 6.13. The first-order chi connectivity index (χ1) is 15.2. The third kappa shape index (κ3) is 4.51. The smallest absolute Gasteiger partial charge is 0.271 e. The van der Waals surface area contributed by atoms with Crippen molar-refractivity contribution in [2.24, 2.45) is 5.10 Å². The average Bonchev–Trinajstić information content (AvgIpc) is 3.06. The number of amides is 1. The van der Waals surface area contributed by atoms with Crippen molar-refractivity contribution in [3.8, 4) is 5.75 Å². The monoisotopic (exact) mass is 411 g/mol. The van der Waals surface area contributed by atoms with Gasteiger partial charge in [0.25, 0.3) is 5.91 Å². The first kappa shape index (κ1) is 20.4. The number of hydrogen-bond acceptors (Lipinski definition) is 3. The number of rotatable bonds is 7. The minimum Gasteiger partial charge on any atom is -0.494 e. The first-order valence-corrected chi connectivity index (χ1v) is 10.4. The molecule has 156 valence electrons. The summed E-state index contributed by atoms with van der Waals surface area (Å²) in [6.45, 7) is 5.37. The highest BCUT2D eigenvalue weighted by Gasteiger charge is 2.13.